The molecule has 0 saturated heterocycles. The van der Waals surface area contributed by atoms with E-state index in [-0.39, 0.29) is 11.7 Å². The Morgan fingerprint density at radius 3 is 2.63 bits per heavy atom. The first kappa shape index (κ1) is 12.9. The molecule has 1 N–H and O–H groups in total. The number of nitrogens with one attached hydrogen (secondary N) is 1. The van der Waals surface area contributed by atoms with E-state index >= 15 is 0 Å². The molecule has 1 heterocycles. The molecule has 2 saturated carbocycles. The number of aromatic nitrogens is 2. The molecule has 1 aromatic rings. The number of hydrogen-bond acceptors (Lipinski definition) is 3. The van der Waals surface area contributed by atoms with Crippen molar-refractivity contribution in [3.05, 3.63) is 27.9 Å². The number of H-pyrrole nitrogens is 1. The lowest BCUT2D eigenvalue weighted by Crippen LogP contribution is -2.23. The highest BCUT2D eigenvalue weighted by Crippen LogP contribution is 2.40. The second kappa shape index (κ2) is 5.45. The quantitative estimate of drug-likeness (QED) is 0.907. The number of methoxy groups -OCH3 is 1. The van der Waals surface area contributed by atoms with Crippen molar-refractivity contribution in [2.24, 2.45) is 5.92 Å². The minimum Gasteiger partial charge on any atom is -0.373 e. The molecule has 0 aliphatic heterocycles. The zero-order valence-electron chi connectivity index (χ0n) is 11.5. The molecular formula is C15H22N2O2. The zero-order chi connectivity index (χ0) is 13.2. The van der Waals surface area contributed by atoms with Crippen molar-refractivity contribution >= 4 is 0 Å². The van der Waals surface area contributed by atoms with Gasteiger partial charge in [0.15, 0.2) is 0 Å². The summed E-state index contributed by atoms with van der Waals surface area (Å²) < 4.78 is 5.65. The van der Waals surface area contributed by atoms with Crippen LogP contribution in [0.2, 0.25) is 0 Å². The topological polar surface area (TPSA) is 55.0 Å². The molecule has 2 aliphatic rings. The van der Waals surface area contributed by atoms with Gasteiger partial charge in [-0.15, -0.1) is 0 Å². The van der Waals surface area contributed by atoms with Gasteiger partial charge in [0.25, 0.3) is 5.56 Å². The molecule has 3 rings (SSSR count). The first-order valence-electron chi connectivity index (χ1n) is 7.42. The number of aromatic amines is 1. The maximum Gasteiger partial charge on any atom is 0.251 e. The molecule has 1 atom stereocenters. The lowest BCUT2D eigenvalue weighted by molar-refractivity contribution is 0.0286. The van der Waals surface area contributed by atoms with Gasteiger partial charge in [0, 0.05) is 19.1 Å². The van der Waals surface area contributed by atoms with E-state index in [1.165, 1.54) is 32.1 Å². The van der Waals surface area contributed by atoms with E-state index in [9.17, 15) is 4.79 Å². The van der Waals surface area contributed by atoms with Crippen LogP contribution < -0.4 is 5.56 Å². The van der Waals surface area contributed by atoms with Crippen molar-refractivity contribution in [1.29, 1.82) is 0 Å². The highest BCUT2D eigenvalue weighted by Gasteiger charge is 2.30. The molecule has 0 amide bonds. The Kier molecular flexibility index (Phi) is 3.69. The van der Waals surface area contributed by atoms with Gasteiger partial charge in [0.1, 0.15) is 11.9 Å². The minimum absolute atomic E-state index is 0.0373. The molecule has 1 unspecified atom stereocenters. The third kappa shape index (κ3) is 2.89. The lowest BCUT2D eigenvalue weighted by Gasteiger charge is -2.28. The van der Waals surface area contributed by atoms with Gasteiger partial charge >= 0.3 is 0 Å². The molecule has 0 spiro atoms. The summed E-state index contributed by atoms with van der Waals surface area (Å²) >= 11 is 0. The first-order chi connectivity index (χ1) is 9.28. The molecular weight excluding hydrogens is 240 g/mol. The van der Waals surface area contributed by atoms with Gasteiger partial charge in [-0.2, -0.15) is 0 Å². The molecule has 0 radical (unpaired) electrons. The Labute approximate surface area is 113 Å². The predicted octanol–water partition coefficient (Wildman–Crippen LogP) is 2.92. The van der Waals surface area contributed by atoms with Crippen molar-refractivity contribution in [1.82, 2.24) is 9.97 Å². The fourth-order valence-electron chi connectivity index (χ4n) is 3.18. The van der Waals surface area contributed by atoms with Crippen molar-refractivity contribution < 1.29 is 4.74 Å². The van der Waals surface area contributed by atoms with E-state index < -0.39 is 0 Å². The highest BCUT2D eigenvalue weighted by atomic mass is 16.5. The van der Waals surface area contributed by atoms with E-state index in [2.05, 4.69) is 9.97 Å². The number of nitrogens with zero attached hydrogens (tertiary/aromatic N) is 1. The van der Waals surface area contributed by atoms with Gasteiger partial charge in [-0.3, -0.25) is 4.79 Å². The van der Waals surface area contributed by atoms with Gasteiger partial charge in [-0.25, -0.2) is 4.98 Å². The van der Waals surface area contributed by atoms with Crippen LogP contribution >= 0.6 is 0 Å². The fourth-order valence-corrected chi connectivity index (χ4v) is 3.18. The van der Waals surface area contributed by atoms with Crippen LogP contribution in [-0.4, -0.2) is 17.1 Å². The van der Waals surface area contributed by atoms with Crippen molar-refractivity contribution in [3.8, 4) is 0 Å². The smallest absolute Gasteiger partial charge is 0.251 e. The summed E-state index contributed by atoms with van der Waals surface area (Å²) in [6.45, 7) is 0. The number of rotatable bonds is 4. The standard InChI is InChI=1S/C15H22N2O2/c1-19-14(11-5-3-2-4-6-11)15-16-12(10-7-8-10)9-13(18)17-15/h9-11,14H,2-8H2,1H3,(H,16,17,18). The summed E-state index contributed by atoms with van der Waals surface area (Å²) in [5.41, 5.74) is 0.918. The van der Waals surface area contributed by atoms with Gasteiger partial charge in [0.2, 0.25) is 0 Å². The molecule has 1 aromatic heterocycles. The van der Waals surface area contributed by atoms with E-state index in [1.807, 2.05) is 0 Å². The fraction of sp³-hybridized carbons (Fsp3) is 0.733. The number of hydrogen-bond donors (Lipinski definition) is 1. The summed E-state index contributed by atoms with van der Waals surface area (Å²) in [7, 11) is 1.73. The maximum absolute atomic E-state index is 11.8. The summed E-state index contributed by atoms with van der Waals surface area (Å²) in [4.78, 5) is 19.3. The summed E-state index contributed by atoms with van der Waals surface area (Å²) in [6.07, 6.45) is 8.47. The Balaban J connectivity index is 1.87. The van der Waals surface area contributed by atoms with Crippen molar-refractivity contribution in [2.45, 2.75) is 57.0 Å². The molecule has 2 aliphatic carbocycles. The van der Waals surface area contributed by atoms with Crippen molar-refractivity contribution in [3.63, 3.8) is 0 Å². The first-order valence-corrected chi connectivity index (χ1v) is 7.42. The summed E-state index contributed by atoms with van der Waals surface area (Å²) in [5.74, 6) is 1.74. The van der Waals surface area contributed by atoms with E-state index in [0.717, 1.165) is 24.4 Å². The van der Waals surface area contributed by atoms with E-state index in [1.54, 1.807) is 13.2 Å². The molecule has 0 bridgehead atoms. The van der Waals surface area contributed by atoms with Crippen LogP contribution in [0.4, 0.5) is 0 Å². The van der Waals surface area contributed by atoms with Crippen LogP contribution in [0.25, 0.3) is 0 Å². The molecule has 104 valence electrons. The molecule has 19 heavy (non-hydrogen) atoms. The highest BCUT2D eigenvalue weighted by molar-refractivity contribution is 5.15. The summed E-state index contributed by atoms with van der Waals surface area (Å²) in [6, 6.07) is 1.65. The van der Waals surface area contributed by atoms with Crippen LogP contribution in [0.1, 0.15) is 68.5 Å². The molecule has 4 heteroatoms. The molecule has 2 fully saturated rings. The SMILES string of the molecule is COC(c1nc(C2CC2)cc(=O)[nH]1)C1CCCCC1. The van der Waals surface area contributed by atoms with Gasteiger partial charge in [0.05, 0.1) is 5.69 Å². The average Bonchev–Trinajstić information content (AvgIpc) is 3.24. The third-order valence-electron chi connectivity index (χ3n) is 4.38. The molecule has 4 nitrogen and oxygen atoms in total. The monoisotopic (exact) mass is 262 g/mol. The van der Waals surface area contributed by atoms with Crippen LogP contribution in [0.5, 0.6) is 0 Å². The number of ether oxygens (including phenoxy) is 1. The van der Waals surface area contributed by atoms with Gasteiger partial charge in [-0.05, 0) is 31.6 Å². The Morgan fingerprint density at radius 1 is 1.26 bits per heavy atom. The Hall–Kier alpha value is -1.16. The largest absolute Gasteiger partial charge is 0.373 e. The van der Waals surface area contributed by atoms with Gasteiger partial charge in [-0.1, -0.05) is 19.3 Å². The second-order valence-corrected chi connectivity index (χ2v) is 5.88. The zero-order valence-corrected chi connectivity index (χ0v) is 11.5. The Bertz CT molecular complexity index is 487. The predicted molar refractivity (Wildman–Crippen MR) is 73.2 cm³/mol. The van der Waals surface area contributed by atoms with Crippen LogP contribution in [0, 0.1) is 5.92 Å². The minimum atomic E-state index is -0.0494. The van der Waals surface area contributed by atoms with E-state index in [4.69, 9.17) is 4.74 Å². The average molecular weight is 262 g/mol. The molecule has 0 aromatic carbocycles. The maximum atomic E-state index is 11.8. The third-order valence-corrected chi connectivity index (χ3v) is 4.38. The summed E-state index contributed by atoms with van der Waals surface area (Å²) in [5, 5.41) is 0. The van der Waals surface area contributed by atoms with Crippen LogP contribution in [-0.2, 0) is 4.74 Å². The lowest BCUT2D eigenvalue weighted by atomic mass is 9.85. The van der Waals surface area contributed by atoms with E-state index in [0.29, 0.717) is 11.8 Å². The normalized spacial score (nSPS) is 22.4. The second-order valence-electron chi connectivity index (χ2n) is 5.88. The van der Waals surface area contributed by atoms with Crippen LogP contribution in [0.3, 0.4) is 0 Å². The van der Waals surface area contributed by atoms with Crippen molar-refractivity contribution in [2.75, 3.05) is 7.11 Å². The van der Waals surface area contributed by atoms with Gasteiger partial charge < -0.3 is 9.72 Å². The Morgan fingerprint density at radius 2 is 2.00 bits per heavy atom. The van der Waals surface area contributed by atoms with Crippen LogP contribution in [0.15, 0.2) is 10.9 Å².